The molecule has 0 aromatic carbocycles. The van der Waals surface area contributed by atoms with E-state index in [-0.39, 0.29) is 0 Å². The minimum Gasteiger partial charge on any atom is -0.384 e. The van der Waals surface area contributed by atoms with Crippen LogP contribution in [0, 0.1) is 18.3 Å². The summed E-state index contributed by atoms with van der Waals surface area (Å²) in [5.41, 5.74) is 0. The number of hydrogen-bond donors (Lipinski definition) is 1. The maximum atomic E-state index is 8.96. The summed E-state index contributed by atoms with van der Waals surface area (Å²) in [6, 6.07) is 0. The molecule has 0 bridgehead atoms. The Bertz CT molecular complexity index is 115. The number of ether oxygens (including phenoxy) is 1. The Morgan fingerprint density at radius 3 is 2.70 bits per heavy atom. The zero-order valence-electron chi connectivity index (χ0n) is 6.50. The van der Waals surface area contributed by atoms with Crippen molar-refractivity contribution in [2.45, 2.75) is 19.4 Å². The first kappa shape index (κ1) is 9.48. The second-order valence-electron chi connectivity index (χ2n) is 2.48. The van der Waals surface area contributed by atoms with E-state index in [2.05, 4.69) is 5.92 Å². The van der Waals surface area contributed by atoms with Crippen molar-refractivity contribution in [3.05, 3.63) is 0 Å². The van der Waals surface area contributed by atoms with Crippen molar-refractivity contribution in [3.8, 4) is 12.3 Å². The zero-order valence-corrected chi connectivity index (χ0v) is 6.50. The van der Waals surface area contributed by atoms with Crippen LogP contribution >= 0.6 is 0 Å². The van der Waals surface area contributed by atoms with Gasteiger partial charge in [0, 0.05) is 13.7 Å². The van der Waals surface area contributed by atoms with Gasteiger partial charge in [-0.05, 0) is 12.3 Å². The summed E-state index contributed by atoms with van der Waals surface area (Å²) in [5.74, 6) is 2.58. The summed E-state index contributed by atoms with van der Waals surface area (Å²) in [7, 11) is 1.64. The number of aliphatic hydroxyl groups excluding tert-OH is 1. The largest absolute Gasteiger partial charge is 0.384 e. The highest BCUT2D eigenvalue weighted by molar-refractivity contribution is 4.93. The average Bonchev–Trinajstić information content (AvgIpc) is 1.88. The SMILES string of the molecule is C#CC(O)CC(C)COC. The molecule has 0 radical (unpaired) electrons. The van der Waals surface area contributed by atoms with Crippen molar-refractivity contribution < 1.29 is 9.84 Å². The Morgan fingerprint density at radius 1 is 1.70 bits per heavy atom. The molecule has 0 saturated heterocycles. The molecule has 2 unspecified atom stereocenters. The lowest BCUT2D eigenvalue weighted by Crippen LogP contribution is -2.12. The van der Waals surface area contributed by atoms with Gasteiger partial charge >= 0.3 is 0 Å². The Balaban J connectivity index is 3.39. The fraction of sp³-hybridized carbons (Fsp3) is 0.750. The van der Waals surface area contributed by atoms with Gasteiger partial charge in [-0.2, -0.15) is 0 Å². The van der Waals surface area contributed by atoms with Gasteiger partial charge in [-0.3, -0.25) is 0 Å². The van der Waals surface area contributed by atoms with Crippen LogP contribution in [-0.2, 0) is 4.74 Å². The minimum atomic E-state index is -0.620. The van der Waals surface area contributed by atoms with Crippen LogP contribution in [-0.4, -0.2) is 24.9 Å². The summed E-state index contributed by atoms with van der Waals surface area (Å²) in [5, 5.41) is 8.96. The van der Waals surface area contributed by atoms with Gasteiger partial charge in [0.2, 0.25) is 0 Å². The lowest BCUT2D eigenvalue weighted by Gasteiger charge is -2.10. The van der Waals surface area contributed by atoms with Crippen molar-refractivity contribution in [2.75, 3.05) is 13.7 Å². The van der Waals surface area contributed by atoms with Gasteiger partial charge in [-0.15, -0.1) is 6.42 Å². The van der Waals surface area contributed by atoms with Gasteiger partial charge in [0.1, 0.15) is 6.10 Å². The van der Waals surface area contributed by atoms with Crippen LogP contribution in [0.4, 0.5) is 0 Å². The fourth-order valence-electron chi connectivity index (χ4n) is 0.802. The van der Waals surface area contributed by atoms with E-state index in [0.717, 1.165) is 0 Å². The molecular formula is C8H14O2. The summed E-state index contributed by atoms with van der Waals surface area (Å²) < 4.78 is 4.87. The van der Waals surface area contributed by atoms with Gasteiger partial charge in [-0.25, -0.2) is 0 Å². The Kier molecular flexibility index (Phi) is 5.00. The highest BCUT2D eigenvalue weighted by atomic mass is 16.5. The van der Waals surface area contributed by atoms with Crippen molar-refractivity contribution >= 4 is 0 Å². The van der Waals surface area contributed by atoms with Gasteiger partial charge in [0.05, 0.1) is 0 Å². The molecule has 0 aliphatic heterocycles. The third-order valence-electron chi connectivity index (χ3n) is 1.27. The van der Waals surface area contributed by atoms with Crippen molar-refractivity contribution in [3.63, 3.8) is 0 Å². The zero-order chi connectivity index (χ0) is 7.98. The van der Waals surface area contributed by atoms with E-state index in [1.807, 2.05) is 6.92 Å². The summed E-state index contributed by atoms with van der Waals surface area (Å²) in [6.07, 6.45) is 4.97. The van der Waals surface area contributed by atoms with E-state index in [9.17, 15) is 0 Å². The smallest absolute Gasteiger partial charge is 0.114 e. The summed E-state index contributed by atoms with van der Waals surface area (Å²) >= 11 is 0. The van der Waals surface area contributed by atoms with Crippen molar-refractivity contribution in [1.29, 1.82) is 0 Å². The van der Waals surface area contributed by atoms with E-state index in [0.29, 0.717) is 18.9 Å². The summed E-state index contributed by atoms with van der Waals surface area (Å²) in [4.78, 5) is 0. The van der Waals surface area contributed by atoms with Crippen molar-refractivity contribution in [1.82, 2.24) is 0 Å². The molecule has 2 atom stereocenters. The van der Waals surface area contributed by atoms with Crippen LogP contribution in [0.5, 0.6) is 0 Å². The van der Waals surface area contributed by atoms with Crippen LogP contribution < -0.4 is 0 Å². The number of terminal acetylenes is 1. The first-order chi connectivity index (χ1) is 4.70. The highest BCUT2D eigenvalue weighted by Crippen LogP contribution is 2.04. The lowest BCUT2D eigenvalue weighted by molar-refractivity contribution is 0.125. The number of rotatable bonds is 4. The van der Waals surface area contributed by atoms with Gasteiger partial charge in [0.25, 0.3) is 0 Å². The molecule has 0 heterocycles. The van der Waals surface area contributed by atoms with Crippen LogP contribution in [0.25, 0.3) is 0 Å². The molecular weight excluding hydrogens is 128 g/mol. The van der Waals surface area contributed by atoms with Gasteiger partial charge in [0.15, 0.2) is 0 Å². The van der Waals surface area contributed by atoms with Crippen LogP contribution in [0.1, 0.15) is 13.3 Å². The quantitative estimate of drug-likeness (QED) is 0.584. The molecule has 0 aromatic rings. The average molecular weight is 142 g/mol. The van der Waals surface area contributed by atoms with Crippen LogP contribution in [0.3, 0.4) is 0 Å². The Labute approximate surface area is 62.2 Å². The number of hydrogen-bond acceptors (Lipinski definition) is 2. The van der Waals surface area contributed by atoms with E-state index in [4.69, 9.17) is 16.3 Å². The Hall–Kier alpha value is -0.520. The number of aliphatic hydroxyl groups is 1. The van der Waals surface area contributed by atoms with Gasteiger partial charge in [-0.1, -0.05) is 12.8 Å². The predicted molar refractivity (Wildman–Crippen MR) is 40.5 cm³/mol. The minimum absolute atomic E-state index is 0.330. The van der Waals surface area contributed by atoms with E-state index < -0.39 is 6.10 Å². The molecule has 1 N–H and O–H groups in total. The molecule has 2 nitrogen and oxygen atoms in total. The molecule has 0 saturated carbocycles. The fourth-order valence-corrected chi connectivity index (χ4v) is 0.802. The molecule has 58 valence electrons. The molecule has 0 rings (SSSR count). The highest BCUT2D eigenvalue weighted by Gasteiger charge is 2.06. The lowest BCUT2D eigenvalue weighted by atomic mass is 10.1. The van der Waals surface area contributed by atoms with E-state index >= 15 is 0 Å². The molecule has 0 fully saturated rings. The maximum absolute atomic E-state index is 8.96. The third-order valence-corrected chi connectivity index (χ3v) is 1.27. The molecule has 0 aliphatic rings. The predicted octanol–water partition coefficient (Wildman–Crippen LogP) is 0.653. The molecule has 0 aromatic heterocycles. The summed E-state index contributed by atoms with van der Waals surface area (Å²) in [6.45, 7) is 2.64. The standard InChI is InChI=1S/C8H14O2/c1-4-8(9)5-7(2)6-10-3/h1,7-9H,5-6H2,2-3H3. The normalized spacial score (nSPS) is 15.8. The second kappa shape index (κ2) is 5.28. The van der Waals surface area contributed by atoms with E-state index in [1.165, 1.54) is 0 Å². The Morgan fingerprint density at radius 2 is 2.30 bits per heavy atom. The molecule has 10 heavy (non-hydrogen) atoms. The van der Waals surface area contributed by atoms with Crippen LogP contribution in [0.2, 0.25) is 0 Å². The first-order valence-electron chi connectivity index (χ1n) is 3.33. The van der Waals surface area contributed by atoms with Gasteiger partial charge < -0.3 is 9.84 Å². The first-order valence-corrected chi connectivity index (χ1v) is 3.33. The van der Waals surface area contributed by atoms with Crippen LogP contribution in [0.15, 0.2) is 0 Å². The molecule has 0 spiro atoms. The molecule has 2 heteroatoms. The van der Waals surface area contributed by atoms with E-state index in [1.54, 1.807) is 7.11 Å². The molecule has 0 aliphatic carbocycles. The maximum Gasteiger partial charge on any atom is 0.114 e. The molecule has 0 amide bonds. The second-order valence-corrected chi connectivity index (χ2v) is 2.48. The topological polar surface area (TPSA) is 29.5 Å². The van der Waals surface area contributed by atoms with Crippen molar-refractivity contribution in [2.24, 2.45) is 5.92 Å². The number of methoxy groups -OCH3 is 1. The third kappa shape index (κ3) is 4.37. The monoisotopic (exact) mass is 142 g/mol.